The van der Waals surface area contributed by atoms with E-state index in [0.29, 0.717) is 0 Å². The minimum absolute atomic E-state index is 0.647. The van der Waals surface area contributed by atoms with Crippen LogP contribution in [0.1, 0.15) is 22.3 Å². The third kappa shape index (κ3) is 4.59. The van der Waals surface area contributed by atoms with Gasteiger partial charge in [0.1, 0.15) is 11.5 Å². The second-order valence-electron chi connectivity index (χ2n) is 15.2. The van der Waals surface area contributed by atoms with Crippen LogP contribution in [0, 0.1) is 0 Å². The smallest absolute Gasteiger partial charge is 0.132 e. The van der Waals surface area contributed by atoms with E-state index in [0.717, 1.165) is 39.7 Å². The minimum atomic E-state index is -0.647. The quantitative estimate of drug-likeness (QED) is 0.179. The Kier molecular flexibility index (Phi) is 6.88. The summed E-state index contributed by atoms with van der Waals surface area (Å²) < 4.78 is 6.76. The fraction of sp³-hybridized carbons (Fsp3) is 0.0182. The van der Waals surface area contributed by atoms with Crippen LogP contribution in [0.25, 0.3) is 54.6 Å². The van der Waals surface area contributed by atoms with Gasteiger partial charge in [0.25, 0.3) is 0 Å². The van der Waals surface area contributed by atoms with Crippen molar-refractivity contribution in [3.63, 3.8) is 0 Å². The Labute approximate surface area is 331 Å². The maximum absolute atomic E-state index is 6.76. The zero-order chi connectivity index (χ0) is 37.5. The fourth-order valence-electron chi connectivity index (χ4n) is 9.91. The van der Waals surface area contributed by atoms with Gasteiger partial charge in [-0.3, -0.25) is 0 Å². The molecule has 0 saturated carbocycles. The molecule has 1 heterocycles. The number of hydrogen-bond acceptors (Lipinski definition) is 2. The average Bonchev–Trinajstić information content (AvgIpc) is 3.28. The van der Waals surface area contributed by atoms with Crippen molar-refractivity contribution in [2.24, 2.45) is 0 Å². The van der Waals surface area contributed by atoms with E-state index in [9.17, 15) is 0 Å². The van der Waals surface area contributed by atoms with Gasteiger partial charge in [-0.2, -0.15) is 0 Å². The van der Waals surface area contributed by atoms with Crippen molar-refractivity contribution in [2.45, 2.75) is 5.41 Å². The van der Waals surface area contributed by atoms with Crippen LogP contribution in [-0.4, -0.2) is 0 Å². The Bertz CT molecular complexity index is 3180. The Morgan fingerprint density at radius 1 is 0.368 bits per heavy atom. The van der Waals surface area contributed by atoms with E-state index in [2.05, 4.69) is 217 Å². The van der Waals surface area contributed by atoms with E-state index < -0.39 is 5.41 Å². The maximum atomic E-state index is 6.76. The van der Waals surface area contributed by atoms with Gasteiger partial charge in [0.05, 0.1) is 11.1 Å². The first-order valence-corrected chi connectivity index (χ1v) is 19.7. The SMILES string of the molecule is c1ccc(-c2c(N(c3ccc4c(c3)C3(c5ccccc5Oc5ccccc53)c3cccc5cccc-4c35)c3ccc4ccccc4c3)ccc3ccccc23)cc1. The largest absolute Gasteiger partial charge is 0.457 e. The van der Waals surface area contributed by atoms with Gasteiger partial charge in [-0.15, -0.1) is 0 Å². The minimum Gasteiger partial charge on any atom is -0.457 e. The number of benzene rings is 10. The summed E-state index contributed by atoms with van der Waals surface area (Å²) in [6.45, 7) is 0. The molecule has 0 fully saturated rings. The van der Waals surface area contributed by atoms with E-state index >= 15 is 0 Å². The molecule has 1 spiro atoms. The predicted octanol–water partition coefficient (Wildman–Crippen LogP) is 14.8. The highest BCUT2D eigenvalue weighted by molar-refractivity contribution is 6.08. The Balaban J connectivity index is 1.22. The number of fused-ring (bicyclic) bond motifs is 10. The van der Waals surface area contributed by atoms with E-state index in [1.165, 1.54) is 65.7 Å². The molecule has 0 saturated heterocycles. The standard InChI is InChI=1S/C55H35NO/c1-2-16-39(17-3-1)54-43-21-7-6-15-37(43)29-33-50(54)56(41-30-28-36-14-4-5-18-40(36)34-41)42-31-32-44-45-22-12-19-38-20-13-25-48(53(38)45)55(49(44)35-42)46-23-8-10-26-51(46)57-52-27-11-9-24-47(52)55/h1-35H. The topological polar surface area (TPSA) is 12.5 Å². The number of nitrogens with zero attached hydrogens (tertiary/aromatic N) is 1. The van der Waals surface area contributed by atoms with Crippen LogP contribution in [0.2, 0.25) is 0 Å². The molecule has 0 unspecified atom stereocenters. The summed E-state index contributed by atoms with van der Waals surface area (Å²) in [4.78, 5) is 2.48. The van der Waals surface area contributed by atoms with Gasteiger partial charge in [-0.25, -0.2) is 0 Å². The first-order valence-electron chi connectivity index (χ1n) is 19.7. The fourth-order valence-corrected chi connectivity index (χ4v) is 9.91. The average molecular weight is 726 g/mol. The van der Waals surface area contributed by atoms with Crippen molar-refractivity contribution in [3.05, 3.63) is 235 Å². The Morgan fingerprint density at radius 3 is 1.77 bits per heavy atom. The second-order valence-corrected chi connectivity index (χ2v) is 15.2. The molecule has 57 heavy (non-hydrogen) atoms. The second kappa shape index (κ2) is 12.3. The molecule has 0 atom stereocenters. The van der Waals surface area contributed by atoms with Crippen LogP contribution in [-0.2, 0) is 5.41 Å². The molecule has 2 aliphatic rings. The normalized spacial score (nSPS) is 13.2. The zero-order valence-electron chi connectivity index (χ0n) is 31.1. The van der Waals surface area contributed by atoms with E-state index in [4.69, 9.17) is 4.74 Å². The molecule has 10 aromatic rings. The molecular weight excluding hydrogens is 691 g/mol. The highest BCUT2D eigenvalue weighted by atomic mass is 16.5. The van der Waals surface area contributed by atoms with Gasteiger partial charge in [0.2, 0.25) is 0 Å². The third-order valence-electron chi connectivity index (χ3n) is 12.3. The lowest BCUT2D eigenvalue weighted by atomic mass is 9.58. The number of ether oxygens (including phenoxy) is 1. The van der Waals surface area contributed by atoms with Gasteiger partial charge in [-0.1, -0.05) is 170 Å². The molecule has 0 aromatic heterocycles. The van der Waals surface area contributed by atoms with E-state index in [1.54, 1.807) is 0 Å². The summed E-state index contributed by atoms with van der Waals surface area (Å²) in [6, 6.07) is 77.7. The summed E-state index contributed by atoms with van der Waals surface area (Å²) in [5.74, 6) is 1.77. The van der Waals surface area contributed by atoms with Crippen molar-refractivity contribution < 1.29 is 4.74 Å². The van der Waals surface area contributed by atoms with Gasteiger partial charge >= 0.3 is 0 Å². The molecule has 0 amide bonds. The zero-order valence-corrected chi connectivity index (χ0v) is 31.1. The molecule has 0 N–H and O–H groups in total. The van der Waals surface area contributed by atoms with Crippen LogP contribution in [0.4, 0.5) is 17.1 Å². The molecule has 0 radical (unpaired) electrons. The third-order valence-corrected chi connectivity index (χ3v) is 12.3. The van der Waals surface area contributed by atoms with E-state index in [-0.39, 0.29) is 0 Å². The molecule has 1 aliphatic heterocycles. The summed E-state index contributed by atoms with van der Waals surface area (Å²) >= 11 is 0. The number of anilines is 3. The van der Waals surface area contributed by atoms with Crippen molar-refractivity contribution in [2.75, 3.05) is 4.90 Å². The van der Waals surface area contributed by atoms with Crippen molar-refractivity contribution >= 4 is 49.4 Å². The Hall–Kier alpha value is -7.42. The molecule has 12 rings (SSSR count). The molecule has 2 nitrogen and oxygen atoms in total. The monoisotopic (exact) mass is 725 g/mol. The summed E-state index contributed by atoms with van der Waals surface area (Å²) in [7, 11) is 0. The number of rotatable bonds is 4. The lowest BCUT2D eigenvalue weighted by Gasteiger charge is -2.45. The summed E-state index contributed by atoms with van der Waals surface area (Å²) in [5.41, 5.74) is 12.3. The molecule has 0 bridgehead atoms. The van der Waals surface area contributed by atoms with Crippen molar-refractivity contribution in [3.8, 4) is 33.8 Å². The molecule has 266 valence electrons. The van der Waals surface area contributed by atoms with Crippen molar-refractivity contribution in [1.82, 2.24) is 0 Å². The van der Waals surface area contributed by atoms with Gasteiger partial charge < -0.3 is 9.64 Å². The van der Waals surface area contributed by atoms with Crippen LogP contribution >= 0.6 is 0 Å². The molecule has 2 heteroatoms. The van der Waals surface area contributed by atoms with Gasteiger partial charge in [0.15, 0.2) is 0 Å². The van der Waals surface area contributed by atoms with E-state index in [1.807, 2.05) is 0 Å². The van der Waals surface area contributed by atoms with Gasteiger partial charge in [0, 0.05) is 28.1 Å². The summed E-state index contributed by atoms with van der Waals surface area (Å²) in [5, 5.41) is 7.37. The maximum Gasteiger partial charge on any atom is 0.132 e. The lowest BCUT2D eigenvalue weighted by molar-refractivity contribution is 0.435. The lowest BCUT2D eigenvalue weighted by Crippen LogP contribution is -2.36. The highest BCUT2D eigenvalue weighted by Gasteiger charge is 2.49. The number of hydrogen-bond donors (Lipinski definition) is 0. The first-order chi connectivity index (χ1) is 28.3. The van der Waals surface area contributed by atoms with Crippen LogP contribution in [0.5, 0.6) is 11.5 Å². The summed E-state index contributed by atoms with van der Waals surface area (Å²) in [6.07, 6.45) is 0. The predicted molar refractivity (Wildman–Crippen MR) is 236 cm³/mol. The number of para-hydroxylation sites is 2. The highest BCUT2D eigenvalue weighted by Crippen LogP contribution is 2.62. The van der Waals surface area contributed by atoms with Crippen LogP contribution < -0.4 is 9.64 Å². The Morgan fingerprint density at radius 2 is 0.965 bits per heavy atom. The molecule has 1 aliphatic carbocycles. The molecular formula is C55H35NO. The first kappa shape index (κ1) is 31.9. The van der Waals surface area contributed by atoms with Gasteiger partial charge in [-0.05, 0) is 103 Å². The van der Waals surface area contributed by atoms with Crippen LogP contribution in [0.15, 0.2) is 212 Å². The van der Waals surface area contributed by atoms with Crippen molar-refractivity contribution in [1.29, 1.82) is 0 Å². The molecule has 10 aromatic carbocycles. The van der Waals surface area contributed by atoms with Crippen LogP contribution in [0.3, 0.4) is 0 Å².